The molecule has 0 aliphatic heterocycles. The first-order valence-electron chi connectivity index (χ1n) is 8.57. The number of hydrogen-bond acceptors (Lipinski definition) is 1. The summed E-state index contributed by atoms with van der Waals surface area (Å²) in [5.74, 6) is 0.488. The Labute approximate surface area is 154 Å². The fourth-order valence-corrected chi connectivity index (χ4v) is 3.64. The van der Waals surface area contributed by atoms with Gasteiger partial charge in [0.15, 0.2) is 0 Å². The predicted octanol–water partition coefficient (Wildman–Crippen LogP) is 5.57. The monoisotopic (exact) mass is 365 g/mol. The third-order valence-corrected chi connectivity index (χ3v) is 5.40. The number of aryl methyl sites for hydroxylation is 2. The average Bonchev–Trinajstić information content (AvgIpc) is 3.12. The second-order valence-electron chi connectivity index (χ2n) is 7.52. The molecule has 1 N–H and O–H groups in total. The van der Waals surface area contributed by atoms with Crippen LogP contribution in [0.15, 0.2) is 6.07 Å². The first-order valence-corrected chi connectivity index (χ1v) is 13.4. The molecule has 1 aromatic rings. The fraction of sp³-hybridized carbons (Fsp3) is 0.684. The summed E-state index contributed by atoms with van der Waals surface area (Å²) in [6.45, 7) is 13.2. The van der Waals surface area contributed by atoms with Crippen LogP contribution in [0.5, 0.6) is 0 Å². The number of hydrogen-bond donors (Lipinski definition) is 0. The summed E-state index contributed by atoms with van der Waals surface area (Å²) in [7, 11) is 0. The maximum absolute atomic E-state index is 10.9. The van der Waals surface area contributed by atoms with Gasteiger partial charge in [0.1, 0.15) is 0 Å². The molecule has 4 heteroatoms. The summed E-state index contributed by atoms with van der Waals surface area (Å²) >= 11 is 2.27. The van der Waals surface area contributed by atoms with Gasteiger partial charge in [0.25, 0.3) is 0 Å². The van der Waals surface area contributed by atoms with E-state index < -0.39 is 0 Å². The largest absolute Gasteiger partial charge is 0.667 e. The van der Waals surface area contributed by atoms with Gasteiger partial charge in [-0.2, -0.15) is 28.3 Å². The molecule has 0 heterocycles. The molecule has 0 saturated heterocycles. The van der Waals surface area contributed by atoms with Crippen LogP contribution in [-0.2, 0) is 24.0 Å². The van der Waals surface area contributed by atoms with Crippen molar-refractivity contribution >= 4 is 12.1 Å². The van der Waals surface area contributed by atoms with E-state index in [1.165, 1.54) is 35.1 Å². The number of fused-ring (bicyclic) bond motifs is 2. The predicted molar refractivity (Wildman–Crippen MR) is 96.8 cm³/mol. The van der Waals surface area contributed by atoms with E-state index in [1.807, 2.05) is 0 Å². The Morgan fingerprint density at radius 3 is 1.91 bits per heavy atom. The number of carbonyl (C=O) groups is 1. The van der Waals surface area contributed by atoms with Crippen molar-refractivity contribution in [2.45, 2.75) is 72.9 Å². The molecule has 2 saturated carbocycles. The zero-order chi connectivity index (χ0) is 17.8. The molecular formula is C19H31NOSiTi. The smallest absolute Gasteiger partial charge is 0.0550 e. The molecular weight excluding hydrogens is 334 g/mol. The summed E-state index contributed by atoms with van der Waals surface area (Å²) in [6, 6.07) is 2.24. The molecule has 2 aliphatic carbocycles. The van der Waals surface area contributed by atoms with Gasteiger partial charge in [0.05, 0.1) is 5.91 Å². The average molecular weight is 365 g/mol. The summed E-state index contributed by atoms with van der Waals surface area (Å²) in [4.78, 5) is 10.9. The first-order chi connectivity index (χ1) is 10.6. The summed E-state index contributed by atoms with van der Waals surface area (Å²) in [5, 5.41) is 0. The Morgan fingerprint density at radius 2 is 1.78 bits per heavy atom. The van der Waals surface area contributed by atoms with Crippen LogP contribution in [0.2, 0.25) is 13.1 Å². The molecule has 126 valence electrons. The van der Waals surface area contributed by atoms with E-state index in [-0.39, 0.29) is 17.5 Å². The number of nitrogens with one attached hydrogen (secondary N) is 1. The number of carbonyl (C=O) groups excluding carboxylic acids is 1. The molecule has 0 atom stereocenters. The van der Waals surface area contributed by atoms with Crippen molar-refractivity contribution < 1.29 is 24.0 Å². The molecule has 1 aromatic carbocycles. The van der Waals surface area contributed by atoms with E-state index in [9.17, 15) is 4.79 Å². The second kappa shape index (κ2) is 8.73. The first kappa shape index (κ1) is 20.8. The van der Waals surface area contributed by atoms with E-state index in [0.717, 1.165) is 25.2 Å². The van der Waals surface area contributed by atoms with E-state index >= 15 is 0 Å². The molecule has 0 unspecified atom stereocenters. The number of rotatable bonds is 1. The Balaban J connectivity index is 0.000000189. The maximum atomic E-state index is 10.9. The standard InChI is InChI=1S/C9H13.C8H13NO.C2H6Si.Ti/c1-6-5-7(2)9(4)8(6)3;9-7(10)8-3-1-6(5-8)2-4-8;1-3-2;/h5H,1-4H3;6H,1-5H2,(H2,9,10);1-2H3;/q-1;;;+2/p-1. The topological polar surface area (TPSA) is 40.9 Å². The summed E-state index contributed by atoms with van der Waals surface area (Å²) in [5.41, 5.74) is 12.7. The van der Waals surface area contributed by atoms with Crippen molar-refractivity contribution in [1.82, 2.24) is 0 Å². The molecule has 2 nitrogen and oxygen atoms in total. The Hall–Kier alpha value is -0.249. The Bertz CT molecular complexity index is 542. The molecule has 0 radical (unpaired) electrons. The van der Waals surface area contributed by atoms with E-state index in [0.29, 0.717) is 0 Å². The molecule has 0 aromatic heterocycles. The van der Waals surface area contributed by atoms with Gasteiger partial charge < -0.3 is 10.5 Å². The van der Waals surface area contributed by atoms with Crippen molar-refractivity contribution in [3.8, 4) is 0 Å². The van der Waals surface area contributed by atoms with Crippen molar-refractivity contribution in [3.05, 3.63) is 34.1 Å². The van der Waals surface area contributed by atoms with Gasteiger partial charge in [-0.1, -0.05) is 27.7 Å². The maximum Gasteiger partial charge on any atom is 0.0550 e. The number of amides is 1. The van der Waals surface area contributed by atoms with Crippen molar-refractivity contribution in [3.63, 3.8) is 0 Å². The van der Waals surface area contributed by atoms with E-state index in [4.69, 9.17) is 5.73 Å². The molecule has 0 spiro atoms. The fourth-order valence-electron chi connectivity index (χ4n) is 3.64. The van der Waals surface area contributed by atoms with Gasteiger partial charge in [-0.3, -0.25) is 0 Å². The molecule has 2 aliphatic rings. The Morgan fingerprint density at radius 1 is 1.30 bits per heavy atom. The van der Waals surface area contributed by atoms with Crippen molar-refractivity contribution in [2.75, 3.05) is 0 Å². The second-order valence-corrected chi connectivity index (χ2v) is 14.2. The van der Waals surface area contributed by atoms with Crippen LogP contribution in [0.25, 0.3) is 5.73 Å². The molecule has 23 heavy (non-hydrogen) atoms. The van der Waals surface area contributed by atoms with Gasteiger partial charge >= 0.3 is 38.5 Å². The van der Waals surface area contributed by atoms with Crippen LogP contribution in [0.4, 0.5) is 0 Å². The van der Waals surface area contributed by atoms with Crippen LogP contribution in [0, 0.1) is 39.0 Å². The minimum atomic E-state index is -0.299. The van der Waals surface area contributed by atoms with Crippen LogP contribution in [-0.4, -0.2) is 12.1 Å². The van der Waals surface area contributed by atoms with E-state index in [1.54, 1.807) is 0 Å². The van der Waals surface area contributed by atoms with Gasteiger partial charge in [0.2, 0.25) is 0 Å². The zero-order valence-corrected chi connectivity index (χ0v) is 18.2. The van der Waals surface area contributed by atoms with Crippen LogP contribution < -0.4 is 0 Å². The van der Waals surface area contributed by atoms with Gasteiger partial charge in [-0.15, -0.1) is 0 Å². The van der Waals surface area contributed by atoms with Gasteiger partial charge in [-0.05, 0) is 38.0 Å². The zero-order valence-electron chi connectivity index (χ0n) is 15.6. The van der Waals surface area contributed by atoms with Crippen molar-refractivity contribution in [1.29, 1.82) is 0 Å². The third-order valence-electron chi connectivity index (χ3n) is 5.40. The summed E-state index contributed by atoms with van der Waals surface area (Å²) < 4.78 is 0. The minimum absolute atomic E-state index is 0.120. The van der Waals surface area contributed by atoms with Crippen LogP contribution in [0.1, 0.15) is 54.4 Å². The van der Waals surface area contributed by atoms with Gasteiger partial charge in [0, 0.05) is 5.41 Å². The van der Waals surface area contributed by atoms with Crippen LogP contribution in [0.3, 0.4) is 0 Å². The normalized spacial score (nSPS) is 24.4. The SMILES string of the molecule is C[Si](C)=[Ti+2].Cc1c[c-](C)c(C)c1C.[NH-]C(=O)C12CCC(CC1)C2. The third kappa shape index (κ3) is 5.65. The minimum Gasteiger partial charge on any atom is -0.667 e. The Kier molecular flexibility index (Phi) is 7.89. The molecule has 1 amide bonds. The molecule has 2 bridgehead atoms. The molecule has 3 rings (SSSR count). The summed E-state index contributed by atoms with van der Waals surface area (Å²) in [6.07, 6.45) is 5.54. The van der Waals surface area contributed by atoms with Crippen molar-refractivity contribution in [2.24, 2.45) is 11.3 Å². The van der Waals surface area contributed by atoms with Gasteiger partial charge in [-0.25, -0.2) is 0 Å². The molecule has 2 fully saturated rings. The quantitative estimate of drug-likeness (QED) is 0.474. The van der Waals surface area contributed by atoms with Crippen LogP contribution >= 0.6 is 0 Å². The van der Waals surface area contributed by atoms with E-state index in [2.05, 4.69) is 66.0 Å².